The number of nitrogens with zero attached hydrogens (tertiary/aromatic N) is 4. The number of carbonyl (C=O) groups is 1. The number of quaternary nitrogens is 1. The van der Waals surface area contributed by atoms with Gasteiger partial charge in [0.05, 0.1) is 0 Å². The van der Waals surface area contributed by atoms with Gasteiger partial charge in [-0.3, -0.25) is 0 Å². The van der Waals surface area contributed by atoms with Crippen LogP contribution in [0.3, 0.4) is 0 Å². The summed E-state index contributed by atoms with van der Waals surface area (Å²) in [5.74, 6) is 1.06. The van der Waals surface area contributed by atoms with Crippen LogP contribution < -0.4 is 19.7 Å². The summed E-state index contributed by atoms with van der Waals surface area (Å²) < 4.78 is 13.0. The Hall–Kier alpha value is -2.64. The van der Waals surface area contributed by atoms with Crippen LogP contribution in [-0.4, -0.2) is 90.3 Å². The first-order valence-corrected chi connectivity index (χ1v) is 14.4. The first kappa shape index (κ1) is 27.4. The molecule has 0 radical (unpaired) electrons. The number of amides is 1. The van der Waals surface area contributed by atoms with E-state index in [0.29, 0.717) is 62.8 Å². The summed E-state index contributed by atoms with van der Waals surface area (Å²) in [6.07, 6.45) is 3.88. The molecule has 1 aliphatic heterocycles. The molecule has 192 valence electrons. The van der Waals surface area contributed by atoms with Crippen LogP contribution in [0.25, 0.3) is 0 Å². The molecule has 11 heteroatoms. The fourth-order valence-corrected chi connectivity index (χ4v) is 5.62. The van der Waals surface area contributed by atoms with Crippen LogP contribution >= 0.6 is 11.6 Å². The molecule has 0 aliphatic carbocycles. The van der Waals surface area contributed by atoms with Gasteiger partial charge in [0.25, 0.3) is 0 Å². The second-order valence-electron chi connectivity index (χ2n) is 8.92. The van der Waals surface area contributed by atoms with Crippen molar-refractivity contribution in [2.24, 2.45) is 0 Å². The molecule has 0 atom stereocenters. The summed E-state index contributed by atoms with van der Waals surface area (Å²) in [6, 6.07) is 9.56. The topological polar surface area (TPSA) is 100 Å². The van der Waals surface area contributed by atoms with Gasteiger partial charge < -0.3 is 4.90 Å². The predicted octanol–water partition coefficient (Wildman–Crippen LogP) is 2.30. The summed E-state index contributed by atoms with van der Waals surface area (Å²) >= 11 is 6.97. The SMILES string of the molecule is COc1cc([NH2+]Cc2c[n]([Tl])cn2)c(C(=N)CC(=O)N2CCN(c3cccc(Cl)c3C)CC2)cc1OC. The molecule has 3 aromatic rings. The third-order valence-electron chi connectivity index (χ3n) is 6.61. The van der Waals surface area contributed by atoms with Crippen molar-refractivity contribution < 1.29 is 19.6 Å². The molecule has 2 aromatic carbocycles. The Balaban J connectivity index is 1.45. The number of anilines is 1. The van der Waals surface area contributed by atoms with E-state index in [9.17, 15) is 4.79 Å². The summed E-state index contributed by atoms with van der Waals surface area (Å²) in [4.78, 5) is 21.7. The first-order chi connectivity index (χ1) is 17.8. The second kappa shape index (κ2) is 12.3. The molecule has 3 N–H and O–H groups in total. The number of carbonyl (C=O) groups excluding carboxylic acids is 1. The molecule has 37 heavy (non-hydrogen) atoms. The number of aromatic nitrogens is 2. The van der Waals surface area contributed by atoms with Gasteiger partial charge in [0.2, 0.25) is 0 Å². The zero-order chi connectivity index (χ0) is 26.5. The van der Waals surface area contributed by atoms with Crippen molar-refractivity contribution in [3.05, 3.63) is 64.7 Å². The molecule has 0 saturated carbocycles. The second-order valence-corrected chi connectivity index (χ2v) is 11.6. The van der Waals surface area contributed by atoms with E-state index in [1.54, 1.807) is 20.3 Å². The number of piperazine rings is 1. The van der Waals surface area contributed by atoms with Gasteiger partial charge in [-0.2, -0.15) is 0 Å². The molecule has 0 spiro atoms. The van der Waals surface area contributed by atoms with Crippen LogP contribution in [0.2, 0.25) is 5.02 Å². The van der Waals surface area contributed by atoms with Crippen LogP contribution in [0.4, 0.5) is 11.4 Å². The molecule has 4 rings (SSSR count). The number of halogens is 1. The van der Waals surface area contributed by atoms with E-state index >= 15 is 0 Å². The Morgan fingerprint density at radius 3 is 2.51 bits per heavy atom. The third-order valence-corrected chi connectivity index (χ3v) is 8.11. The maximum absolute atomic E-state index is 13.2. The minimum absolute atomic E-state index is 0.0167. The molecule has 1 saturated heterocycles. The van der Waals surface area contributed by atoms with Crippen molar-refractivity contribution in [2.45, 2.75) is 19.9 Å². The first-order valence-electron chi connectivity index (χ1n) is 12.0. The number of nitrogens with two attached hydrogens (primary N) is 1. The van der Waals surface area contributed by atoms with Crippen LogP contribution in [0, 0.1) is 12.3 Å². The van der Waals surface area contributed by atoms with E-state index < -0.39 is 0 Å². The molecule has 1 aromatic heterocycles. The molecular formula is C26H31ClN6O3Tl+. The number of ether oxygens (including phenoxy) is 2. The zero-order valence-corrected chi connectivity index (χ0v) is 26.6. The summed E-state index contributed by atoms with van der Waals surface area (Å²) in [5.41, 5.74) is 4.84. The molecule has 1 amide bonds. The Kier molecular flexibility index (Phi) is 9.09. The van der Waals surface area contributed by atoms with Gasteiger partial charge in [0.15, 0.2) is 0 Å². The number of benzene rings is 2. The monoisotopic (exact) mass is 715 g/mol. The Morgan fingerprint density at radius 1 is 1.16 bits per heavy atom. The fourth-order valence-electron chi connectivity index (χ4n) is 4.52. The van der Waals surface area contributed by atoms with Crippen LogP contribution in [0.5, 0.6) is 11.5 Å². The van der Waals surface area contributed by atoms with Crippen molar-refractivity contribution in [3.8, 4) is 11.5 Å². The van der Waals surface area contributed by atoms with Gasteiger partial charge in [-0.1, -0.05) is 17.7 Å². The minimum atomic E-state index is -0.0520. The van der Waals surface area contributed by atoms with E-state index in [-0.39, 0.29) is 18.0 Å². The van der Waals surface area contributed by atoms with Crippen molar-refractivity contribution in [2.75, 3.05) is 45.3 Å². The third kappa shape index (κ3) is 6.44. The van der Waals surface area contributed by atoms with Gasteiger partial charge >= 0.3 is 168 Å². The molecule has 1 aliphatic rings. The number of rotatable bonds is 9. The van der Waals surface area contributed by atoms with E-state index in [4.69, 9.17) is 26.5 Å². The fraction of sp³-hybridized carbons (Fsp3) is 0.346. The molecule has 0 bridgehead atoms. The average molecular weight is 715 g/mol. The van der Waals surface area contributed by atoms with Gasteiger partial charge in [-0.15, -0.1) is 0 Å². The molecule has 9 nitrogen and oxygen atoms in total. The van der Waals surface area contributed by atoms with E-state index in [2.05, 4.69) is 18.3 Å². The summed E-state index contributed by atoms with van der Waals surface area (Å²) in [5, 5.41) is 11.6. The van der Waals surface area contributed by atoms with Crippen LogP contribution in [-0.2, 0) is 11.3 Å². The van der Waals surface area contributed by atoms with Crippen molar-refractivity contribution >= 4 is 60.7 Å². The van der Waals surface area contributed by atoms with Crippen molar-refractivity contribution in [1.82, 2.24) is 12.3 Å². The van der Waals surface area contributed by atoms with E-state index in [1.165, 1.54) is 0 Å². The van der Waals surface area contributed by atoms with Crippen molar-refractivity contribution in [1.29, 1.82) is 5.41 Å². The van der Waals surface area contributed by atoms with E-state index in [1.807, 2.05) is 47.9 Å². The number of nitrogens with one attached hydrogen (secondary N) is 1. The Labute approximate surface area is 238 Å². The standard InChI is InChI=1S/C26H30ClN6O3.Tl/c1-17-20(27)5-4-6-23(17)32-7-9-33(10-8-32)26(34)12-21(28)19-11-24(35-2)25(36-3)13-22(19)30-15-18-14-29-16-31-18;/h4-6,11,13-14,16H,7-10,12,15H2,1-3H3,(H2-,28,29,30,31);/q-1;+1/p+1. The molecule has 2 heterocycles. The Morgan fingerprint density at radius 2 is 1.86 bits per heavy atom. The van der Waals surface area contributed by atoms with Gasteiger partial charge in [-0.25, -0.2) is 0 Å². The number of imidazole rings is 1. The quantitative estimate of drug-likeness (QED) is 0.202. The Bertz CT molecular complexity index is 1290. The number of hydrogen-bond acceptors (Lipinski definition) is 6. The molecule has 1 fully saturated rings. The molecule has 0 unspecified atom stereocenters. The van der Waals surface area contributed by atoms with Crippen LogP contribution in [0.15, 0.2) is 42.9 Å². The summed E-state index contributed by atoms with van der Waals surface area (Å²) in [7, 11) is 3.16. The van der Waals surface area contributed by atoms with E-state index in [0.717, 1.165) is 40.7 Å². The molecular weight excluding hydrogens is 684 g/mol. The van der Waals surface area contributed by atoms with Gasteiger partial charge in [0, 0.05) is 23.8 Å². The number of hydrogen-bond donors (Lipinski definition) is 2. The van der Waals surface area contributed by atoms with Gasteiger partial charge in [-0.05, 0) is 24.6 Å². The van der Waals surface area contributed by atoms with Gasteiger partial charge in [0.1, 0.15) is 0 Å². The normalized spacial score (nSPS) is 13.5. The average Bonchev–Trinajstić information content (AvgIpc) is 3.33. The zero-order valence-electron chi connectivity index (χ0n) is 21.3. The number of methoxy groups -OCH3 is 2. The summed E-state index contributed by atoms with van der Waals surface area (Å²) in [6.45, 7) is 5.30. The maximum atomic E-state index is 13.2. The predicted molar refractivity (Wildman–Crippen MR) is 145 cm³/mol. The van der Waals surface area contributed by atoms with Crippen LogP contribution in [0.1, 0.15) is 23.2 Å². The van der Waals surface area contributed by atoms with Crippen molar-refractivity contribution in [3.63, 3.8) is 0 Å².